The third-order valence-electron chi connectivity index (χ3n) is 5.07. The summed E-state index contributed by atoms with van der Waals surface area (Å²) in [5.74, 6) is -0.971. The van der Waals surface area contributed by atoms with Crippen molar-refractivity contribution < 1.29 is 31.1 Å². The van der Waals surface area contributed by atoms with Gasteiger partial charge in [-0.15, -0.1) is 0 Å². The SMILES string of the molecule is C[C@@H](C(=O)N[C@@H]1CCN(c2ccc(C(F)(F)F)nc2)C1)c1ccc(C(F)(F)F)cc1. The molecule has 2 aromatic rings. The van der Waals surface area contributed by atoms with Crippen molar-refractivity contribution in [3.8, 4) is 0 Å². The lowest BCUT2D eigenvalue weighted by Gasteiger charge is -2.20. The van der Waals surface area contributed by atoms with Gasteiger partial charge in [0.1, 0.15) is 5.69 Å². The molecule has 1 aliphatic heterocycles. The van der Waals surface area contributed by atoms with Crippen LogP contribution in [0.3, 0.4) is 0 Å². The Labute approximate surface area is 168 Å². The number of alkyl halides is 6. The Morgan fingerprint density at radius 3 is 2.27 bits per heavy atom. The third kappa shape index (κ3) is 5.03. The lowest BCUT2D eigenvalue weighted by Crippen LogP contribution is -2.39. The van der Waals surface area contributed by atoms with Gasteiger partial charge in [-0.25, -0.2) is 4.98 Å². The predicted molar refractivity (Wildman–Crippen MR) is 97.9 cm³/mol. The van der Waals surface area contributed by atoms with Crippen LogP contribution >= 0.6 is 0 Å². The second-order valence-electron chi connectivity index (χ2n) is 7.18. The number of pyridine rings is 1. The number of benzene rings is 1. The minimum absolute atomic E-state index is 0.225. The summed E-state index contributed by atoms with van der Waals surface area (Å²) < 4.78 is 75.8. The van der Waals surface area contributed by atoms with Gasteiger partial charge in [-0.3, -0.25) is 4.79 Å². The van der Waals surface area contributed by atoms with Gasteiger partial charge in [-0.2, -0.15) is 26.3 Å². The molecule has 0 saturated carbocycles. The molecule has 1 aliphatic rings. The first-order chi connectivity index (χ1) is 13.9. The average molecular weight is 431 g/mol. The molecular weight excluding hydrogens is 412 g/mol. The van der Waals surface area contributed by atoms with E-state index < -0.39 is 29.5 Å². The normalized spacial score (nSPS) is 18.4. The van der Waals surface area contributed by atoms with Gasteiger partial charge in [0.15, 0.2) is 0 Å². The molecule has 0 spiro atoms. The number of carbonyl (C=O) groups excluding carboxylic acids is 1. The number of nitrogens with one attached hydrogen (secondary N) is 1. The van der Waals surface area contributed by atoms with Crippen molar-refractivity contribution in [2.24, 2.45) is 0 Å². The largest absolute Gasteiger partial charge is 0.433 e. The molecule has 0 unspecified atom stereocenters. The molecule has 4 nitrogen and oxygen atoms in total. The minimum atomic E-state index is -4.51. The summed E-state index contributed by atoms with van der Waals surface area (Å²) >= 11 is 0. The van der Waals surface area contributed by atoms with Gasteiger partial charge in [-0.05, 0) is 43.2 Å². The number of rotatable bonds is 4. The topological polar surface area (TPSA) is 45.2 Å². The minimum Gasteiger partial charge on any atom is -0.368 e. The lowest BCUT2D eigenvalue weighted by molar-refractivity contribution is -0.141. The van der Waals surface area contributed by atoms with E-state index in [-0.39, 0.29) is 11.9 Å². The maximum absolute atomic E-state index is 12.7. The molecule has 2 heterocycles. The molecule has 0 aliphatic carbocycles. The van der Waals surface area contributed by atoms with Crippen LogP contribution in [-0.2, 0) is 17.1 Å². The van der Waals surface area contributed by atoms with E-state index in [1.165, 1.54) is 18.2 Å². The highest BCUT2D eigenvalue weighted by Gasteiger charge is 2.33. The number of halogens is 6. The Morgan fingerprint density at radius 2 is 1.73 bits per heavy atom. The summed E-state index contributed by atoms with van der Waals surface area (Å²) in [4.78, 5) is 17.7. The van der Waals surface area contributed by atoms with Gasteiger partial charge in [0.2, 0.25) is 5.91 Å². The third-order valence-corrected chi connectivity index (χ3v) is 5.07. The van der Waals surface area contributed by atoms with E-state index in [4.69, 9.17) is 0 Å². The van der Waals surface area contributed by atoms with Crippen LogP contribution in [0.1, 0.15) is 36.1 Å². The highest BCUT2D eigenvalue weighted by atomic mass is 19.4. The number of hydrogen-bond donors (Lipinski definition) is 1. The Bertz CT molecular complexity index is 877. The summed E-state index contributed by atoms with van der Waals surface area (Å²) in [7, 11) is 0. The molecule has 10 heteroatoms. The van der Waals surface area contributed by atoms with Crippen LogP contribution in [0.25, 0.3) is 0 Å². The average Bonchev–Trinajstić information content (AvgIpc) is 3.14. The van der Waals surface area contributed by atoms with Crippen LogP contribution in [0.15, 0.2) is 42.6 Å². The summed E-state index contributed by atoms with van der Waals surface area (Å²) in [6.07, 6.45) is -7.21. The quantitative estimate of drug-likeness (QED) is 0.719. The fraction of sp³-hybridized carbons (Fsp3) is 0.400. The highest BCUT2D eigenvalue weighted by molar-refractivity contribution is 5.83. The molecule has 0 bridgehead atoms. The fourth-order valence-electron chi connectivity index (χ4n) is 3.29. The zero-order valence-corrected chi connectivity index (χ0v) is 15.9. The van der Waals surface area contributed by atoms with Crippen molar-refractivity contribution in [2.45, 2.75) is 37.7 Å². The van der Waals surface area contributed by atoms with E-state index in [0.29, 0.717) is 30.8 Å². The maximum atomic E-state index is 12.7. The Kier molecular flexibility index (Phi) is 5.96. The number of hydrogen-bond acceptors (Lipinski definition) is 3. The van der Waals surface area contributed by atoms with E-state index in [0.717, 1.165) is 24.4 Å². The molecule has 1 N–H and O–H groups in total. The van der Waals surface area contributed by atoms with Gasteiger partial charge in [-0.1, -0.05) is 12.1 Å². The van der Waals surface area contributed by atoms with Gasteiger partial charge in [0.05, 0.1) is 23.4 Å². The van der Waals surface area contributed by atoms with E-state index in [1.54, 1.807) is 6.92 Å². The first-order valence-electron chi connectivity index (χ1n) is 9.21. The molecule has 30 heavy (non-hydrogen) atoms. The smallest absolute Gasteiger partial charge is 0.368 e. The Morgan fingerprint density at radius 1 is 1.07 bits per heavy atom. The van der Waals surface area contributed by atoms with E-state index in [1.807, 2.05) is 4.90 Å². The highest BCUT2D eigenvalue weighted by Crippen LogP contribution is 2.31. The van der Waals surface area contributed by atoms with Crippen LogP contribution in [0.4, 0.5) is 32.0 Å². The van der Waals surface area contributed by atoms with Crippen LogP contribution in [0.2, 0.25) is 0 Å². The lowest BCUT2D eigenvalue weighted by atomic mass is 9.98. The van der Waals surface area contributed by atoms with Gasteiger partial charge in [0.25, 0.3) is 0 Å². The predicted octanol–water partition coefficient (Wildman–Crippen LogP) is 4.62. The molecule has 162 valence electrons. The summed E-state index contributed by atoms with van der Waals surface area (Å²) in [5, 5.41) is 2.85. The molecule has 1 aromatic carbocycles. The first kappa shape index (κ1) is 21.9. The van der Waals surface area contributed by atoms with Crippen LogP contribution in [-0.4, -0.2) is 30.0 Å². The molecule has 2 atom stereocenters. The molecule has 3 rings (SSSR count). The second kappa shape index (κ2) is 8.16. The zero-order chi connectivity index (χ0) is 22.1. The molecule has 1 amide bonds. The van der Waals surface area contributed by atoms with Gasteiger partial charge >= 0.3 is 12.4 Å². The van der Waals surface area contributed by atoms with E-state index in [2.05, 4.69) is 10.3 Å². The van der Waals surface area contributed by atoms with Crippen molar-refractivity contribution in [3.05, 3.63) is 59.4 Å². The number of amides is 1. The standard InChI is InChI=1S/C20H19F6N3O/c1-12(13-2-4-14(5-3-13)19(21,22)23)18(30)28-15-8-9-29(11-15)16-6-7-17(27-10-16)20(24,25)26/h2-7,10,12,15H,8-9,11H2,1H3,(H,28,30)/t12-,15-/m1/s1. The monoisotopic (exact) mass is 431 g/mol. The molecule has 1 aromatic heterocycles. The summed E-state index contributed by atoms with van der Waals surface area (Å²) in [6, 6.07) is 6.46. The van der Waals surface area contributed by atoms with E-state index >= 15 is 0 Å². The second-order valence-corrected chi connectivity index (χ2v) is 7.18. The van der Waals surface area contributed by atoms with Crippen LogP contribution < -0.4 is 10.2 Å². The van der Waals surface area contributed by atoms with Gasteiger partial charge in [0, 0.05) is 19.1 Å². The molecule has 1 saturated heterocycles. The zero-order valence-electron chi connectivity index (χ0n) is 15.9. The van der Waals surface area contributed by atoms with Crippen molar-refractivity contribution in [1.82, 2.24) is 10.3 Å². The Balaban J connectivity index is 1.57. The van der Waals surface area contributed by atoms with Crippen LogP contribution in [0.5, 0.6) is 0 Å². The fourth-order valence-corrected chi connectivity index (χ4v) is 3.29. The molecule has 1 fully saturated rings. The summed E-state index contributed by atoms with van der Waals surface area (Å²) in [6.45, 7) is 2.54. The van der Waals surface area contributed by atoms with Crippen LogP contribution in [0, 0.1) is 0 Å². The van der Waals surface area contributed by atoms with E-state index in [9.17, 15) is 31.1 Å². The summed E-state index contributed by atoms with van der Waals surface area (Å²) in [5.41, 5.74) is -0.770. The number of anilines is 1. The number of aromatic nitrogens is 1. The van der Waals surface area contributed by atoms with Crippen molar-refractivity contribution in [1.29, 1.82) is 0 Å². The number of carbonyl (C=O) groups is 1. The molecular formula is C20H19F6N3O. The maximum Gasteiger partial charge on any atom is 0.433 e. The van der Waals surface area contributed by atoms with Crippen molar-refractivity contribution in [3.63, 3.8) is 0 Å². The number of nitrogens with zero attached hydrogens (tertiary/aromatic N) is 2. The Hall–Kier alpha value is -2.78. The molecule has 0 radical (unpaired) electrons. The van der Waals surface area contributed by atoms with Gasteiger partial charge < -0.3 is 10.2 Å². The van der Waals surface area contributed by atoms with Crippen molar-refractivity contribution in [2.75, 3.05) is 18.0 Å². The van der Waals surface area contributed by atoms with Crippen molar-refractivity contribution >= 4 is 11.6 Å². The first-order valence-corrected chi connectivity index (χ1v) is 9.21.